The van der Waals surface area contributed by atoms with E-state index in [9.17, 15) is 9.59 Å². The van der Waals surface area contributed by atoms with Crippen LogP contribution >= 0.6 is 11.3 Å². The van der Waals surface area contributed by atoms with Crippen LogP contribution in [0.5, 0.6) is 0 Å². The van der Waals surface area contributed by atoms with Gasteiger partial charge in [0.2, 0.25) is 0 Å². The number of fused-ring (bicyclic) bond motifs is 1. The van der Waals surface area contributed by atoms with E-state index in [1.807, 2.05) is 18.1 Å². The van der Waals surface area contributed by atoms with Crippen molar-refractivity contribution in [3.63, 3.8) is 0 Å². The number of nitrogen functional groups attached to an aromatic ring is 1. The number of likely N-dealkylation sites (N-methyl/N-ethyl adjacent to an activating group) is 1. The van der Waals surface area contributed by atoms with Gasteiger partial charge in [-0.15, -0.1) is 11.3 Å². The van der Waals surface area contributed by atoms with Crippen molar-refractivity contribution in [1.82, 2.24) is 4.90 Å². The highest BCUT2D eigenvalue weighted by atomic mass is 32.1. The highest BCUT2D eigenvalue weighted by molar-refractivity contribution is 7.16. The van der Waals surface area contributed by atoms with Crippen LogP contribution in [0.25, 0.3) is 0 Å². The number of carbonyl (C=O) groups excluding carboxylic acids is 2. The molecule has 2 rings (SSSR count). The van der Waals surface area contributed by atoms with E-state index in [1.165, 1.54) is 11.3 Å². The van der Waals surface area contributed by atoms with Gasteiger partial charge in [0.1, 0.15) is 5.00 Å². The Hall–Kier alpha value is -1.82. The summed E-state index contributed by atoms with van der Waals surface area (Å²) >= 11 is 1.38. The maximum absolute atomic E-state index is 12.1. The largest absolute Gasteiger partial charge is 0.462 e. The molecule has 5 nitrogen and oxygen atoms in total. The molecule has 2 heterocycles. The monoisotopic (exact) mass is 308 g/mol. The molecule has 0 fully saturated rings. The number of hydrogen-bond donors (Lipinski definition) is 1. The van der Waals surface area contributed by atoms with Gasteiger partial charge in [-0.2, -0.15) is 0 Å². The lowest BCUT2D eigenvalue weighted by Crippen LogP contribution is -2.21. The molecule has 0 spiro atoms. The summed E-state index contributed by atoms with van der Waals surface area (Å²) in [7, 11) is 1.92. The standard InChI is InChI=1S/C15H20N2O3S/c1-4-20-15(19)13-11-5-6-17(3)8-10(9(2)18)7-12(11)21-14(13)16/h8H,4-7,16H2,1-3H3/b10-8+. The molecule has 1 aromatic heterocycles. The fourth-order valence-electron chi connectivity index (χ4n) is 2.42. The first-order valence-corrected chi connectivity index (χ1v) is 7.74. The zero-order valence-electron chi connectivity index (χ0n) is 12.6. The number of ether oxygens (including phenoxy) is 1. The molecule has 1 aromatic rings. The van der Waals surface area contributed by atoms with Crippen molar-refractivity contribution >= 4 is 28.1 Å². The van der Waals surface area contributed by atoms with Crippen LogP contribution in [-0.2, 0) is 22.4 Å². The molecular formula is C15H20N2O3S. The van der Waals surface area contributed by atoms with Crippen molar-refractivity contribution < 1.29 is 14.3 Å². The third kappa shape index (κ3) is 3.26. The lowest BCUT2D eigenvalue weighted by atomic mass is 9.99. The molecule has 114 valence electrons. The molecular weight excluding hydrogens is 288 g/mol. The second kappa shape index (κ2) is 6.30. The Morgan fingerprint density at radius 3 is 2.81 bits per heavy atom. The molecule has 0 aromatic carbocycles. The number of thiophene rings is 1. The Balaban J connectivity index is 2.45. The number of hydrogen-bond acceptors (Lipinski definition) is 6. The highest BCUT2D eigenvalue weighted by Crippen LogP contribution is 2.35. The van der Waals surface area contributed by atoms with E-state index in [2.05, 4.69) is 0 Å². The predicted octanol–water partition coefficient (Wildman–Crippen LogP) is 2.01. The highest BCUT2D eigenvalue weighted by Gasteiger charge is 2.25. The van der Waals surface area contributed by atoms with E-state index in [4.69, 9.17) is 10.5 Å². The van der Waals surface area contributed by atoms with E-state index in [0.29, 0.717) is 23.6 Å². The minimum atomic E-state index is -0.371. The third-order valence-electron chi connectivity index (χ3n) is 3.49. The molecule has 1 aliphatic heterocycles. The van der Waals surface area contributed by atoms with Crippen molar-refractivity contribution in [1.29, 1.82) is 0 Å². The van der Waals surface area contributed by atoms with Crippen LogP contribution in [0.3, 0.4) is 0 Å². The molecule has 0 aliphatic carbocycles. The molecule has 0 atom stereocenters. The molecule has 0 bridgehead atoms. The minimum absolute atomic E-state index is 0.0411. The molecule has 0 saturated carbocycles. The Morgan fingerprint density at radius 1 is 1.48 bits per heavy atom. The van der Waals surface area contributed by atoms with Gasteiger partial charge in [-0.3, -0.25) is 4.79 Å². The summed E-state index contributed by atoms with van der Waals surface area (Å²) in [6, 6.07) is 0. The lowest BCUT2D eigenvalue weighted by molar-refractivity contribution is -0.113. The number of ketones is 1. The zero-order chi connectivity index (χ0) is 15.6. The number of nitrogens with two attached hydrogens (primary N) is 1. The zero-order valence-corrected chi connectivity index (χ0v) is 13.4. The second-order valence-corrected chi connectivity index (χ2v) is 6.22. The number of nitrogens with zero attached hydrogens (tertiary/aromatic N) is 1. The van der Waals surface area contributed by atoms with E-state index >= 15 is 0 Å². The summed E-state index contributed by atoms with van der Waals surface area (Å²) in [5.74, 6) is -0.330. The number of esters is 1. The maximum Gasteiger partial charge on any atom is 0.341 e. The first-order chi connectivity index (χ1) is 9.93. The Morgan fingerprint density at radius 2 is 2.19 bits per heavy atom. The molecule has 0 unspecified atom stereocenters. The average Bonchev–Trinajstić information content (AvgIpc) is 2.69. The van der Waals surface area contributed by atoms with Crippen LogP contribution < -0.4 is 5.73 Å². The van der Waals surface area contributed by atoms with Gasteiger partial charge in [-0.1, -0.05) is 0 Å². The third-order valence-corrected chi connectivity index (χ3v) is 4.55. The second-order valence-electron chi connectivity index (χ2n) is 5.08. The van der Waals surface area contributed by atoms with Crippen molar-refractivity contribution in [2.75, 3.05) is 25.9 Å². The average molecular weight is 308 g/mol. The van der Waals surface area contributed by atoms with E-state index < -0.39 is 0 Å². The first-order valence-electron chi connectivity index (χ1n) is 6.93. The summed E-state index contributed by atoms with van der Waals surface area (Å²) in [5, 5.41) is 0.478. The summed E-state index contributed by atoms with van der Waals surface area (Å²) < 4.78 is 5.10. The van der Waals surface area contributed by atoms with Crippen molar-refractivity contribution in [3.05, 3.63) is 27.8 Å². The number of Topliss-reactive ketones (excluding diaryl/α,β-unsaturated/α-hetero) is 1. The van der Waals surface area contributed by atoms with Crippen LogP contribution in [-0.4, -0.2) is 36.9 Å². The van der Waals surface area contributed by atoms with Crippen LogP contribution in [0.15, 0.2) is 11.8 Å². The Kier molecular flexibility index (Phi) is 4.67. The molecule has 0 radical (unpaired) electrons. The van der Waals surface area contributed by atoms with Crippen molar-refractivity contribution in [3.8, 4) is 0 Å². The summed E-state index contributed by atoms with van der Waals surface area (Å²) in [6.45, 7) is 4.38. The van der Waals surface area contributed by atoms with Crippen molar-refractivity contribution in [2.24, 2.45) is 0 Å². The molecule has 2 N–H and O–H groups in total. The normalized spacial score (nSPS) is 17.3. The number of rotatable bonds is 3. The first kappa shape index (κ1) is 15.6. The number of allylic oxidation sites excluding steroid dienone is 1. The van der Waals surface area contributed by atoms with E-state index in [0.717, 1.165) is 29.0 Å². The molecule has 21 heavy (non-hydrogen) atoms. The number of carbonyl (C=O) groups is 2. The van der Waals surface area contributed by atoms with Crippen LogP contribution in [0.2, 0.25) is 0 Å². The van der Waals surface area contributed by atoms with Gasteiger partial charge in [0.25, 0.3) is 0 Å². The molecule has 0 saturated heterocycles. The lowest BCUT2D eigenvalue weighted by Gasteiger charge is -2.20. The SMILES string of the molecule is CCOC(=O)c1c(N)sc2c1CCN(C)/C=C(/C(C)=O)C2. The molecule has 6 heteroatoms. The van der Waals surface area contributed by atoms with Gasteiger partial charge in [0, 0.05) is 36.7 Å². The number of anilines is 1. The van der Waals surface area contributed by atoms with Crippen LogP contribution in [0.1, 0.15) is 34.6 Å². The van der Waals surface area contributed by atoms with Gasteiger partial charge >= 0.3 is 5.97 Å². The molecule has 1 aliphatic rings. The summed E-state index contributed by atoms with van der Waals surface area (Å²) in [5.41, 5.74) is 8.15. The maximum atomic E-state index is 12.1. The topological polar surface area (TPSA) is 72.6 Å². The smallest absolute Gasteiger partial charge is 0.341 e. The van der Waals surface area contributed by atoms with Gasteiger partial charge in [-0.25, -0.2) is 4.79 Å². The van der Waals surface area contributed by atoms with Gasteiger partial charge in [-0.05, 0) is 25.8 Å². The fourth-order valence-corrected chi connectivity index (χ4v) is 3.55. The fraction of sp³-hybridized carbons (Fsp3) is 0.467. The van der Waals surface area contributed by atoms with Crippen LogP contribution in [0.4, 0.5) is 5.00 Å². The summed E-state index contributed by atoms with van der Waals surface area (Å²) in [4.78, 5) is 26.8. The quantitative estimate of drug-likeness (QED) is 0.865. The Labute approximate surface area is 128 Å². The van der Waals surface area contributed by atoms with Crippen LogP contribution in [0, 0.1) is 0 Å². The minimum Gasteiger partial charge on any atom is -0.462 e. The predicted molar refractivity (Wildman–Crippen MR) is 83.5 cm³/mol. The Bertz CT molecular complexity index is 604. The van der Waals surface area contributed by atoms with E-state index in [-0.39, 0.29) is 11.8 Å². The molecule has 0 amide bonds. The van der Waals surface area contributed by atoms with Crippen molar-refractivity contribution in [2.45, 2.75) is 26.7 Å². The van der Waals surface area contributed by atoms with Gasteiger partial charge in [0.15, 0.2) is 5.78 Å². The van der Waals surface area contributed by atoms with Gasteiger partial charge in [0.05, 0.1) is 12.2 Å². The summed E-state index contributed by atoms with van der Waals surface area (Å²) in [6.07, 6.45) is 3.11. The van der Waals surface area contributed by atoms with Gasteiger partial charge < -0.3 is 15.4 Å². The van der Waals surface area contributed by atoms with E-state index in [1.54, 1.807) is 13.8 Å².